The number of carboxylic acids is 1. The molecule has 0 spiro atoms. The van der Waals surface area contributed by atoms with Crippen molar-refractivity contribution < 1.29 is 29.0 Å². The summed E-state index contributed by atoms with van der Waals surface area (Å²) in [5.74, 6) is -2.40. The number of carbonyl (C=O) groups excluding carboxylic acids is 2. The van der Waals surface area contributed by atoms with Crippen LogP contribution in [0.3, 0.4) is 0 Å². The summed E-state index contributed by atoms with van der Waals surface area (Å²) >= 11 is 0. The molecule has 1 aliphatic heterocycles. The van der Waals surface area contributed by atoms with Crippen LogP contribution in [0, 0.1) is 0 Å². The number of amides is 2. The van der Waals surface area contributed by atoms with Crippen molar-refractivity contribution in [2.24, 2.45) is 0 Å². The number of ether oxygens (including phenoxy) is 2. The number of imide groups is 1. The Morgan fingerprint density at radius 2 is 2.06 bits per heavy atom. The minimum atomic E-state index is -1.19. The molecule has 1 fully saturated rings. The van der Waals surface area contributed by atoms with Gasteiger partial charge in [0, 0.05) is 13.7 Å². The first-order valence-corrected chi connectivity index (χ1v) is 5.22. The van der Waals surface area contributed by atoms with E-state index in [0.29, 0.717) is 13.0 Å². The smallest absolute Gasteiger partial charge is 0.326 e. The van der Waals surface area contributed by atoms with Gasteiger partial charge in [0.25, 0.3) is 11.8 Å². The molecule has 0 radical (unpaired) electrons. The fourth-order valence-electron chi connectivity index (χ4n) is 1.64. The lowest BCUT2D eigenvalue weighted by Crippen LogP contribution is -2.54. The molecule has 0 aromatic rings. The summed E-state index contributed by atoms with van der Waals surface area (Å²) in [6.45, 7) is -0.115. The number of hydrogen-bond acceptors (Lipinski definition) is 5. The van der Waals surface area contributed by atoms with Gasteiger partial charge in [0.2, 0.25) is 0 Å². The highest BCUT2D eigenvalue weighted by atomic mass is 16.5. The van der Waals surface area contributed by atoms with Crippen molar-refractivity contribution in [3.63, 3.8) is 0 Å². The van der Waals surface area contributed by atoms with Crippen molar-refractivity contribution in [3.8, 4) is 0 Å². The van der Waals surface area contributed by atoms with E-state index in [4.69, 9.17) is 14.6 Å². The van der Waals surface area contributed by atoms with Crippen LogP contribution in [0.2, 0.25) is 0 Å². The van der Waals surface area contributed by atoms with Crippen LogP contribution in [-0.4, -0.2) is 60.8 Å². The molecule has 7 nitrogen and oxygen atoms in total. The van der Waals surface area contributed by atoms with Crippen LogP contribution in [0.25, 0.3) is 0 Å². The molecule has 1 N–H and O–H groups in total. The lowest BCUT2D eigenvalue weighted by Gasteiger charge is -2.30. The van der Waals surface area contributed by atoms with Crippen molar-refractivity contribution in [2.45, 2.75) is 18.9 Å². The molecule has 1 atom stereocenters. The van der Waals surface area contributed by atoms with Gasteiger partial charge in [-0.25, -0.2) is 4.79 Å². The maximum atomic E-state index is 11.5. The second-order valence-corrected chi connectivity index (χ2v) is 3.64. The SMILES string of the molecule is COCCCC(C(=O)O)N1C(=O)COCC1=O. The van der Waals surface area contributed by atoms with Crippen LogP contribution in [-0.2, 0) is 23.9 Å². The first kappa shape index (κ1) is 13.6. The van der Waals surface area contributed by atoms with Crippen LogP contribution < -0.4 is 0 Å². The molecule has 1 rings (SSSR count). The van der Waals surface area contributed by atoms with E-state index in [9.17, 15) is 14.4 Å². The maximum absolute atomic E-state index is 11.5. The highest BCUT2D eigenvalue weighted by molar-refractivity contribution is 6.01. The number of morpholine rings is 1. The zero-order valence-electron chi connectivity index (χ0n) is 9.55. The molecule has 1 unspecified atom stereocenters. The van der Waals surface area contributed by atoms with Crippen molar-refractivity contribution >= 4 is 17.8 Å². The number of nitrogens with zero attached hydrogens (tertiary/aromatic N) is 1. The summed E-state index contributed by atoms with van der Waals surface area (Å²) in [7, 11) is 1.50. The van der Waals surface area contributed by atoms with Gasteiger partial charge in [-0.2, -0.15) is 0 Å². The zero-order valence-corrected chi connectivity index (χ0v) is 9.55. The van der Waals surface area contributed by atoms with E-state index in [1.807, 2.05) is 0 Å². The highest BCUT2D eigenvalue weighted by Gasteiger charge is 2.36. The van der Waals surface area contributed by atoms with E-state index < -0.39 is 23.8 Å². The molecule has 0 aromatic heterocycles. The Bertz CT molecular complexity index is 300. The molecule has 0 saturated carbocycles. The Labute approximate surface area is 98.3 Å². The first-order chi connectivity index (χ1) is 8.07. The van der Waals surface area contributed by atoms with Crippen LogP contribution in [0.5, 0.6) is 0 Å². The number of aliphatic carboxylic acids is 1. The van der Waals surface area contributed by atoms with E-state index >= 15 is 0 Å². The highest BCUT2D eigenvalue weighted by Crippen LogP contribution is 2.12. The molecule has 17 heavy (non-hydrogen) atoms. The Kier molecular flexibility index (Phi) is 5.05. The Balaban J connectivity index is 2.70. The predicted octanol–water partition coefficient (Wildman–Crippen LogP) is -0.748. The molecule has 1 heterocycles. The molecule has 2 amide bonds. The largest absolute Gasteiger partial charge is 0.480 e. The minimum Gasteiger partial charge on any atom is -0.480 e. The van der Waals surface area contributed by atoms with E-state index in [-0.39, 0.29) is 19.6 Å². The van der Waals surface area contributed by atoms with Gasteiger partial charge < -0.3 is 14.6 Å². The topological polar surface area (TPSA) is 93.1 Å². The first-order valence-electron chi connectivity index (χ1n) is 5.22. The lowest BCUT2D eigenvalue weighted by atomic mass is 10.1. The number of carbonyl (C=O) groups is 3. The Hall–Kier alpha value is -1.47. The Morgan fingerprint density at radius 1 is 1.47 bits per heavy atom. The van der Waals surface area contributed by atoms with Crippen molar-refractivity contribution in [1.29, 1.82) is 0 Å². The van der Waals surface area contributed by atoms with Crippen molar-refractivity contribution in [3.05, 3.63) is 0 Å². The number of rotatable bonds is 6. The third kappa shape index (κ3) is 3.50. The van der Waals surface area contributed by atoms with Gasteiger partial charge in [0.1, 0.15) is 19.3 Å². The number of carboxylic acid groups (broad SMARTS) is 1. The van der Waals surface area contributed by atoms with E-state index in [2.05, 4.69) is 0 Å². The van der Waals surface area contributed by atoms with E-state index in [0.717, 1.165) is 4.90 Å². The molecule has 0 aliphatic carbocycles. The van der Waals surface area contributed by atoms with Crippen LogP contribution in [0.15, 0.2) is 0 Å². The quantitative estimate of drug-likeness (QED) is 0.489. The van der Waals surface area contributed by atoms with Gasteiger partial charge in [-0.05, 0) is 12.8 Å². The van der Waals surface area contributed by atoms with Crippen LogP contribution >= 0.6 is 0 Å². The van der Waals surface area contributed by atoms with Gasteiger partial charge >= 0.3 is 5.97 Å². The van der Waals surface area contributed by atoms with Gasteiger partial charge in [0.05, 0.1) is 0 Å². The second kappa shape index (κ2) is 6.31. The fraction of sp³-hybridized carbons (Fsp3) is 0.700. The molecule has 0 aromatic carbocycles. The van der Waals surface area contributed by atoms with Crippen molar-refractivity contribution in [1.82, 2.24) is 4.90 Å². The number of hydrogen-bond donors (Lipinski definition) is 1. The summed E-state index contributed by atoms with van der Waals surface area (Å²) in [6.07, 6.45) is 0.645. The second-order valence-electron chi connectivity index (χ2n) is 3.64. The van der Waals surface area contributed by atoms with Crippen LogP contribution in [0.4, 0.5) is 0 Å². The van der Waals surface area contributed by atoms with Gasteiger partial charge in [-0.15, -0.1) is 0 Å². The third-order valence-corrected chi connectivity index (χ3v) is 2.41. The monoisotopic (exact) mass is 245 g/mol. The molecule has 1 aliphatic rings. The fourth-order valence-corrected chi connectivity index (χ4v) is 1.64. The zero-order chi connectivity index (χ0) is 12.8. The summed E-state index contributed by atoms with van der Waals surface area (Å²) in [5.41, 5.74) is 0. The predicted molar refractivity (Wildman–Crippen MR) is 55.2 cm³/mol. The Morgan fingerprint density at radius 3 is 2.53 bits per heavy atom. The molecule has 7 heteroatoms. The summed E-state index contributed by atoms with van der Waals surface area (Å²) in [6, 6.07) is -1.13. The minimum absolute atomic E-state index is 0.181. The molecule has 0 bridgehead atoms. The summed E-state index contributed by atoms with van der Waals surface area (Å²) in [5, 5.41) is 9.03. The van der Waals surface area contributed by atoms with E-state index in [1.165, 1.54) is 7.11 Å². The normalized spacial score (nSPS) is 18.3. The number of methoxy groups -OCH3 is 1. The van der Waals surface area contributed by atoms with Crippen LogP contribution in [0.1, 0.15) is 12.8 Å². The maximum Gasteiger partial charge on any atom is 0.326 e. The average Bonchev–Trinajstić information content (AvgIpc) is 2.26. The third-order valence-electron chi connectivity index (χ3n) is 2.41. The van der Waals surface area contributed by atoms with E-state index in [1.54, 1.807) is 0 Å². The van der Waals surface area contributed by atoms with Gasteiger partial charge in [-0.1, -0.05) is 0 Å². The lowest BCUT2D eigenvalue weighted by molar-refractivity contribution is -0.168. The van der Waals surface area contributed by atoms with Gasteiger partial charge in [-0.3, -0.25) is 14.5 Å². The average molecular weight is 245 g/mol. The van der Waals surface area contributed by atoms with Crippen molar-refractivity contribution in [2.75, 3.05) is 26.9 Å². The molecule has 1 saturated heterocycles. The standard InChI is InChI=1S/C10H15NO6/c1-16-4-2-3-7(10(14)15)11-8(12)5-17-6-9(11)13/h7H,2-6H2,1H3,(H,14,15). The molecular weight excluding hydrogens is 230 g/mol. The molecule has 96 valence electrons. The molecular formula is C10H15NO6. The summed E-state index contributed by atoms with van der Waals surface area (Å²) in [4.78, 5) is 34.8. The van der Waals surface area contributed by atoms with Gasteiger partial charge in [0.15, 0.2) is 0 Å². The summed E-state index contributed by atoms with van der Waals surface area (Å²) < 4.78 is 9.53.